The maximum Gasteiger partial charge on any atom is 0.240 e. The van der Waals surface area contributed by atoms with Crippen LogP contribution in [0.4, 0.5) is 0 Å². The van der Waals surface area contributed by atoms with Crippen molar-refractivity contribution in [3.05, 3.63) is 71.9 Å². The van der Waals surface area contributed by atoms with Crippen molar-refractivity contribution < 1.29 is 8.42 Å². The smallest absolute Gasteiger partial charge is 0.240 e. The minimum atomic E-state index is -3.58. The van der Waals surface area contributed by atoms with Gasteiger partial charge in [0.25, 0.3) is 0 Å². The van der Waals surface area contributed by atoms with Crippen LogP contribution in [0.1, 0.15) is 70.1 Å². The van der Waals surface area contributed by atoms with Crippen LogP contribution in [0.3, 0.4) is 0 Å². The summed E-state index contributed by atoms with van der Waals surface area (Å²) in [5.74, 6) is 0.674. The Bertz CT molecular complexity index is 1140. The zero-order chi connectivity index (χ0) is 22.8. The van der Waals surface area contributed by atoms with E-state index in [2.05, 4.69) is 49.8 Å². The van der Waals surface area contributed by atoms with E-state index in [0.29, 0.717) is 11.6 Å². The van der Waals surface area contributed by atoms with Gasteiger partial charge in [-0.05, 0) is 68.9 Å². The molecule has 5 nitrogen and oxygen atoms in total. The zero-order valence-corrected chi connectivity index (χ0v) is 20.0. The highest BCUT2D eigenvalue weighted by atomic mass is 32.2. The fourth-order valence-corrected chi connectivity index (χ4v) is 5.47. The molecule has 0 bridgehead atoms. The number of rotatable bonds is 6. The quantitative estimate of drug-likeness (QED) is 0.513. The van der Waals surface area contributed by atoms with E-state index in [4.69, 9.17) is 5.10 Å². The fraction of sp³-hybridized carbons (Fsp3) is 0.423. The molecule has 0 atom stereocenters. The van der Waals surface area contributed by atoms with Gasteiger partial charge in [0.15, 0.2) is 0 Å². The van der Waals surface area contributed by atoms with Crippen molar-refractivity contribution in [2.45, 2.75) is 75.8 Å². The molecule has 0 aliphatic heterocycles. The molecule has 4 rings (SSSR count). The van der Waals surface area contributed by atoms with Crippen LogP contribution in [0.15, 0.2) is 65.6 Å². The first-order valence-electron chi connectivity index (χ1n) is 11.5. The van der Waals surface area contributed by atoms with Gasteiger partial charge in [-0.1, -0.05) is 61.7 Å². The molecule has 6 heteroatoms. The Morgan fingerprint density at radius 2 is 1.62 bits per heavy atom. The van der Waals surface area contributed by atoms with Gasteiger partial charge in [-0.2, -0.15) is 5.10 Å². The summed E-state index contributed by atoms with van der Waals surface area (Å²) in [5.41, 5.74) is 4.00. The first-order valence-corrected chi connectivity index (χ1v) is 13.0. The second-order valence-corrected chi connectivity index (χ2v) is 11.5. The second-order valence-electron chi connectivity index (χ2n) is 9.70. The van der Waals surface area contributed by atoms with E-state index in [1.165, 1.54) is 37.7 Å². The Morgan fingerprint density at radius 1 is 0.969 bits per heavy atom. The number of nitrogens with one attached hydrogen (secondary N) is 1. The van der Waals surface area contributed by atoms with E-state index in [-0.39, 0.29) is 17.0 Å². The molecular formula is C26H33N3O2S. The lowest BCUT2D eigenvalue weighted by atomic mass is 9.84. The van der Waals surface area contributed by atoms with Crippen LogP contribution in [-0.2, 0) is 22.1 Å². The van der Waals surface area contributed by atoms with Crippen LogP contribution in [0.25, 0.3) is 11.3 Å². The van der Waals surface area contributed by atoms with Crippen molar-refractivity contribution in [3.8, 4) is 11.3 Å². The molecule has 0 spiro atoms. The molecule has 0 saturated heterocycles. The normalized spacial score (nSPS) is 15.7. The number of hydrogen-bond donors (Lipinski definition) is 1. The summed E-state index contributed by atoms with van der Waals surface area (Å²) in [6, 6.07) is 19.3. The number of benzene rings is 2. The van der Waals surface area contributed by atoms with Crippen molar-refractivity contribution in [2.24, 2.45) is 0 Å². The van der Waals surface area contributed by atoms with E-state index in [0.717, 1.165) is 11.3 Å². The molecule has 0 unspecified atom stereocenters. The molecule has 32 heavy (non-hydrogen) atoms. The number of nitrogens with zero attached hydrogens (tertiary/aromatic N) is 2. The molecule has 1 saturated carbocycles. The van der Waals surface area contributed by atoms with Crippen LogP contribution in [0.2, 0.25) is 0 Å². The Hall–Kier alpha value is -2.44. The van der Waals surface area contributed by atoms with Gasteiger partial charge in [0.2, 0.25) is 10.0 Å². The molecule has 1 heterocycles. The summed E-state index contributed by atoms with van der Waals surface area (Å²) in [6.07, 6.45) is 6.57. The lowest BCUT2D eigenvalue weighted by molar-refractivity contribution is 0.357. The molecule has 1 aliphatic carbocycles. The average Bonchev–Trinajstić information content (AvgIpc) is 3.24. The van der Waals surface area contributed by atoms with E-state index in [9.17, 15) is 8.42 Å². The number of hydrogen-bond acceptors (Lipinski definition) is 3. The highest BCUT2D eigenvalue weighted by molar-refractivity contribution is 7.89. The van der Waals surface area contributed by atoms with E-state index in [1.54, 1.807) is 30.3 Å². The van der Waals surface area contributed by atoms with Crippen LogP contribution >= 0.6 is 0 Å². The van der Waals surface area contributed by atoms with Gasteiger partial charge < -0.3 is 0 Å². The third-order valence-corrected chi connectivity index (χ3v) is 7.59. The van der Waals surface area contributed by atoms with Crippen molar-refractivity contribution in [2.75, 3.05) is 0 Å². The van der Waals surface area contributed by atoms with Crippen molar-refractivity contribution in [3.63, 3.8) is 0 Å². The molecule has 1 fully saturated rings. The van der Waals surface area contributed by atoms with Gasteiger partial charge in [-0.15, -0.1) is 0 Å². The standard InChI is InChI=1S/C26H33N3O2S/c1-26(2,3)29-25(22-16-14-21(15-17-22)20-10-6-4-7-11-20)18-23(28-29)19-27-32(30,31)24-12-8-5-9-13-24/h5,8-9,12-18,20,27H,4,6-7,10-11,19H2,1-3H3. The Kier molecular flexibility index (Phi) is 6.54. The van der Waals surface area contributed by atoms with Gasteiger partial charge in [-0.25, -0.2) is 13.1 Å². The van der Waals surface area contributed by atoms with E-state index in [1.807, 2.05) is 10.7 Å². The SMILES string of the molecule is CC(C)(C)n1nc(CNS(=O)(=O)c2ccccc2)cc1-c1ccc(C2CCCCC2)cc1. The number of aromatic nitrogens is 2. The molecule has 0 radical (unpaired) electrons. The average molecular weight is 452 g/mol. The molecule has 0 amide bonds. The summed E-state index contributed by atoms with van der Waals surface area (Å²) >= 11 is 0. The summed E-state index contributed by atoms with van der Waals surface area (Å²) < 4.78 is 29.9. The first kappa shape index (κ1) is 22.7. The van der Waals surface area contributed by atoms with Gasteiger partial charge in [0.1, 0.15) is 0 Å². The van der Waals surface area contributed by atoms with Crippen LogP contribution in [-0.4, -0.2) is 18.2 Å². The van der Waals surface area contributed by atoms with Crippen molar-refractivity contribution in [1.82, 2.24) is 14.5 Å². The summed E-state index contributed by atoms with van der Waals surface area (Å²) in [7, 11) is -3.58. The molecule has 1 aromatic heterocycles. The third kappa shape index (κ3) is 5.13. The monoisotopic (exact) mass is 451 g/mol. The minimum absolute atomic E-state index is 0.146. The van der Waals surface area contributed by atoms with Crippen molar-refractivity contribution in [1.29, 1.82) is 0 Å². The Balaban J connectivity index is 1.57. The lowest BCUT2D eigenvalue weighted by Gasteiger charge is -2.24. The Labute approximate surface area is 191 Å². The molecule has 3 aromatic rings. The lowest BCUT2D eigenvalue weighted by Crippen LogP contribution is -2.26. The van der Waals surface area contributed by atoms with Crippen LogP contribution in [0.5, 0.6) is 0 Å². The summed E-state index contributed by atoms with van der Waals surface area (Å²) in [6.45, 7) is 6.47. The minimum Gasteiger partial charge on any atom is -0.259 e. The van der Waals surface area contributed by atoms with Crippen LogP contribution in [0, 0.1) is 0 Å². The molecule has 1 N–H and O–H groups in total. The molecule has 170 valence electrons. The van der Waals surface area contributed by atoms with Gasteiger partial charge in [-0.3, -0.25) is 4.68 Å². The first-order chi connectivity index (χ1) is 15.2. The Morgan fingerprint density at radius 3 is 2.25 bits per heavy atom. The molecule has 1 aliphatic rings. The highest BCUT2D eigenvalue weighted by Crippen LogP contribution is 2.34. The third-order valence-electron chi connectivity index (χ3n) is 6.18. The molecular weight excluding hydrogens is 418 g/mol. The largest absolute Gasteiger partial charge is 0.259 e. The van der Waals surface area contributed by atoms with Gasteiger partial charge in [0, 0.05) is 0 Å². The van der Waals surface area contributed by atoms with Gasteiger partial charge in [0.05, 0.1) is 28.4 Å². The maximum atomic E-state index is 12.6. The second kappa shape index (κ2) is 9.20. The highest BCUT2D eigenvalue weighted by Gasteiger charge is 2.22. The number of sulfonamides is 1. The fourth-order valence-electron chi connectivity index (χ4n) is 4.45. The topological polar surface area (TPSA) is 64.0 Å². The van der Waals surface area contributed by atoms with Crippen LogP contribution < -0.4 is 4.72 Å². The maximum absolute atomic E-state index is 12.6. The summed E-state index contributed by atoms with van der Waals surface area (Å²) in [5, 5.41) is 4.76. The molecule has 2 aromatic carbocycles. The van der Waals surface area contributed by atoms with E-state index < -0.39 is 10.0 Å². The predicted octanol–water partition coefficient (Wildman–Crippen LogP) is 5.83. The van der Waals surface area contributed by atoms with Gasteiger partial charge >= 0.3 is 0 Å². The summed E-state index contributed by atoms with van der Waals surface area (Å²) in [4.78, 5) is 0.258. The van der Waals surface area contributed by atoms with Crippen molar-refractivity contribution >= 4 is 10.0 Å². The predicted molar refractivity (Wildman–Crippen MR) is 129 cm³/mol. The zero-order valence-electron chi connectivity index (χ0n) is 19.2. The van der Waals surface area contributed by atoms with E-state index >= 15 is 0 Å².